The molecule has 0 spiro atoms. The summed E-state index contributed by atoms with van der Waals surface area (Å²) >= 11 is 1.82. The van der Waals surface area contributed by atoms with Crippen LogP contribution in [0.1, 0.15) is 11.1 Å². The Bertz CT molecular complexity index is 420. The van der Waals surface area contributed by atoms with Gasteiger partial charge in [0.15, 0.2) is 0 Å². The second kappa shape index (κ2) is 7.53. The Morgan fingerprint density at radius 2 is 2.37 bits per heavy atom. The van der Waals surface area contributed by atoms with Crippen LogP contribution in [0.4, 0.5) is 0 Å². The van der Waals surface area contributed by atoms with Crippen LogP contribution in [0.5, 0.6) is 0 Å². The van der Waals surface area contributed by atoms with Crippen LogP contribution < -0.4 is 10.6 Å². The zero-order chi connectivity index (χ0) is 13.5. The van der Waals surface area contributed by atoms with Gasteiger partial charge < -0.3 is 15.4 Å². The van der Waals surface area contributed by atoms with Crippen molar-refractivity contribution in [3.05, 3.63) is 35.4 Å². The molecule has 0 aliphatic carbocycles. The van der Waals surface area contributed by atoms with Gasteiger partial charge >= 0.3 is 0 Å². The van der Waals surface area contributed by atoms with Crippen LogP contribution in [0.2, 0.25) is 0 Å². The Labute approximate surface area is 118 Å². The number of amides is 1. The number of carbonyl (C=O) groups is 1. The van der Waals surface area contributed by atoms with Gasteiger partial charge in [0.2, 0.25) is 5.91 Å². The first-order chi connectivity index (χ1) is 9.29. The minimum Gasteiger partial charge on any atom is -0.380 e. The van der Waals surface area contributed by atoms with Crippen molar-refractivity contribution < 1.29 is 9.53 Å². The largest absolute Gasteiger partial charge is 0.380 e. The van der Waals surface area contributed by atoms with Crippen LogP contribution in [-0.2, 0) is 22.7 Å². The second-order valence-corrected chi connectivity index (χ2v) is 5.70. The molecule has 1 aromatic carbocycles. The molecule has 1 amide bonds. The molecular weight excluding hydrogens is 260 g/mol. The molecule has 1 aliphatic rings. The number of methoxy groups -OCH3 is 1. The number of ether oxygens (including phenoxy) is 1. The minimum absolute atomic E-state index is 0.0547. The van der Waals surface area contributed by atoms with Gasteiger partial charge in [-0.1, -0.05) is 24.3 Å². The molecule has 2 N–H and O–H groups in total. The number of thioether (sulfide) groups is 1. The van der Waals surface area contributed by atoms with Crippen molar-refractivity contribution >= 4 is 17.7 Å². The third kappa shape index (κ3) is 4.53. The van der Waals surface area contributed by atoms with Gasteiger partial charge in [0.25, 0.3) is 0 Å². The summed E-state index contributed by atoms with van der Waals surface area (Å²) in [5.74, 6) is 2.03. The smallest absolute Gasteiger partial charge is 0.238 e. The summed E-state index contributed by atoms with van der Waals surface area (Å²) in [7, 11) is 1.68. The van der Waals surface area contributed by atoms with Crippen LogP contribution in [0, 0.1) is 0 Å². The molecule has 1 atom stereocenters. The van der Waals surface area contributed by atoms with Gasteiger partial charge in [-0.15, -0.1) is 0 Å². The van der Waals surface area contributed by atoms with E-state index >= 15 is 0 Å². The van der Waals surface area contributed by atoms with Gasteiger partial charge in [0.1, 0.15) is 0 Å². The quantitative estimate of drug-likeness (QED) is 0.849. The fraction of sp³-hybridized carbons (Fsp3) is 0.500. The molecule has 1 fully saturated rings. The van der Waals surface area contributed by atoms with E-state index in [4.69, 9.17) is 4.74 Å². The van der Waals surface area contributed by atoms with Gasteiger partial charge in [0, 0.05) is 31.7 Å². The lowest BCUT2D eigenvalue weighted by Crippen LogP contribution is -2.48. The molecule has 0 saturated carbocycles. The van der Waals surface area contributed by atoms with Crippen LogP contribution in [0.15, 0.2) is 24.3 Å². The van der Waals surface area contributed by atoms with E-state index in [0.717, 1.165) is 29.2 Å². The van der Waals surface area contributed by atoms with E-state index in [1.165, 1.54) is 0 Å². The molecule has 0 aromatic heterocycles. The Kier molecular flexibility index (Phi) is 5.69. The Balaban J connectivity index is 1.83. The molecule has 104 valence electrons. The fourth-order valence-corrected chi connectivity index (χ4v) is 2.98. The normalized spacial score (nSPS) is 19.1. The van der Waals surface area contributed by atoms with E-state index in [2.05, 4.69) is 16.7 Å². The van der Waals surface area contributed by atoms with Crippen LogP contribution >= 0.6 is 11.8 Å². The van der Waals surface area contributed by atoms with Crippen molar-refractivity contribution in [2.75, 3.05) is 25.2 Å². The number of carbonyl (C=O) groups excluding carboxylic acids is 1. The van der Waals surface area contributed by atoms with Gasteiger partial charge in [-0.2, -0.15) is 11.8 Å². The van der Waals surface area contributed by atoms with Crippen molar-refractivity contribution in [2.24, 2.45) is 0 Å². The van der Waals surface area contributed by atoms with Gasteiger partial charge in [0.05, 0.1) is 12.6 Å². The highest BCUT2D eigenvalue weighted by Crippen LogP contribution is 2.09. The van der Waals surface area contributed by atoms with E-state index in [0.29, 0.717) is 13.2 Å². The van der Waals surface area contributed by atoms with Crippen LogP contribution in [-0.4, -0.2) is 37.1 Å². The minimum atomic E-state index is -0.0547. The lowest BCUT2D eigenvalue weighted by molar-refractivity contribution is -0.122. The third-order valence-electron chi connectivity index (χ3n) is 3.01. The molecular formula is C14H20N2O2S. The predicted octanol–water partition coefficient (Wildman–Crippen LogP) is 1.15. The molecule has 0 bridgehead atoms. The summed E-state index contributed by atoms with van der Waals surface area (Å²) in [4.78, 5) is 12.0. The first kappa shape index (κ1) is 14.4. The maximum absolute atomic E-state index is 12.0. The highest BCUT2D eigenvalue weighted by Gasteiger charge is 2.20. The summed E-state index contributed by atoms with van der Waals surface area (Å²) < 4.78 is 5.10. The van der Waals surface area contributed by atoms with E-state index < -0.39 is 0 Å². The van der Waals surface area contributed by atoms with E-state index in [1.54, 1.807) is 7.11 Å². The monoisotopic (exact) mass is 280 g/mol. The first-order valence-corrected chi connectivity index (χ1v) is 7.60. The summed E-state index contributed by atoms with van der Waals surface area (Å²) in [6.07, 6.45) is 0. The Hall–Kier alpha value is -1.04. The molecule has 5 heteroatoms. The molecule has 1 saturated heterocycles. The third-order valence-corrected chi connectivity index (χ3v) is 4.07. The Morgan fingerprint density at radius 1 is 1.53 bits per heavy atom. The van der Waals surface area contributed by atoms with Crippen molar-refractivity contribution in [3.63, 3.8) is 0 Å². The maximum Gasteiger partial charge on any atom is 0.238 e. The zero-order valence-electron chi connectivity index (χ0n) is 11.1. The highest BCUT2D eigenvalue weighted by molar-refractivity contribution is 7.99. The number of hydrogen-bond acceptors (Lipinski definition) is 4. The van der Waals surface area contributed by atoms with E-state index in [1.807, 2.05) is 30.0 Å². The summed E-state index contributed by atoms with van der Waals surface area (Å²) in [5.41, 5.74) is 2.23. The second-order valence-electron chi connectivity index (χ2n) is 4.55. The van der Waals surface area contributed by atoms with Crippen LogP contribution in [0.3, 0.4) is 0 Å². The number of benzene rings is 1. The summed E-state index contributed by atoms with van der Waals surface area (Å²) in [5, 5.41) is 6.22. The van der Waals surface area contributed by atoms with E-state index in [9.17, 15) is 4.79 Å². The first-order valence-electron chi connectivity index (χ1n) is 6.45. The zero-order valence-corrected chi connectivity index (χ0v) is 12.0. The predicted molar refractivity (Wildman–Crippen MR) is 78.1 cm³/mol. The van der Waals surface area contributed by atoms with Crippen molar-refractivity contribution in [3.8, 4) is 0 Å². The molecule has 2 rings (SSSR count). The van der Waals surface area contributed by atoms with Gasteiger partial charge in [-0.3, -0.25) is 4.79 Å². The van der Waals surface area contributed by atoms with Crippen LogP contribution in [0.25, 0.3) is 0 Å². The number of hydrogen-bond donors (Lipinski definition) is 2. The average molecular weight is 280 g/mol. The van der Waals surface area contributed by atoms with Gasteiger partial charge in [-0.05, 0) is 11.1 Å². The standard InChI is InChI=1S/C14H20N2O2S/c1-18-9-12-4-2-3-11(7-12)8-16-14(17)13-10-19-6-5-15-13/h2-4,7,13,15H,5-6,8-10H2,1H3,(H,16,17). The number of nitrogens with one attached hydrogen (secondary N) is 2. The SMILES string of the molecule is COCc1cccc(CNC(=O)C2CSCCN2)c1. The summed E-state index contributed by atoms with van der Waals surface area (Å²) in [6, 6.07) is 8.04. The van der Waals surface area contributed by atoms with Crippen molar-refractivity contribution in [2.45, 2.75) is 19.2 Å². The molecule has 1 aliphatic heterocycles. The van der Waals surface area contributed by atoms with Gasteiger partial charge in [-0.25, -0.2) is 0 Å². The van der Waals surface area contributed by atoms with Crippen molar-refractivity contribution in [1.82, 2.24) is 10.6 Å². The average Bonchev–Trinajstić information content (AvgIpc) is 2.46. The molecule has 0 radical (unpaired) electrons. The lowest BCUT2D eigenvalue weighted by atomic mass is 10.1. The van der Waals surface area contributed by atoms with E-state index in [-0.39, 0.29) is 11.9 Å². The Morgan fingerprint density at radius 3 is 3.11 bits per heavy atom. The molecule has 1 heterocycles. The maximum atomic E-state index is 12.0. The summed E-state index contributed by atoms with van der Waals surface area (Å²) in [6.45, 7) is 2.08. The van der Waals surface area contributed by atoms with Crippen molar-refractivity contribution in [1.29, 1.82) is 0 Å². The number of rotatable bonds is 5. The molecule has 4 nitrogen and oxygen atoms in total. The topological polar surface area (TPSA) is 50.4 Å². The molecule has 1 aromatic rings. The highest BCUT2D eigenvalue weighted by atomic mass is 32.2. The molecule has 1 unspecified atom stereocenters. The molecule has 19 heavy (non-hydrogen) atoms. The lowest BCUT2D eigenvalue weighted by Gasteiger charge is -2.22. The fourth-order valence-electron chi connectivity index (χ4n) is 2.04.